The normalized spacial score (nSPS) is 12.2. The van der Waals surface area contributed by atoms with E-state index in [-0.39, 0.29) is 10.2 Å². The van der Waals surface area contributed by atoms with Crippen molar-refractivity contribution in [1.82, 2.24) is 0 Å². The molecule has 1 aromatic carbocycles. The van der Waals surface area contributed by atoms with Gasteiger partial charge >= 0.3 is 0 Å². The molecule has 0 N–H and O–H groups in total. The maximum absolute atomic E-state index is 8.78. The van der Waals surface area contributed by atoms with Gasteiger partial charge in [-0.2, -0.15) is 17.0 Å². The summed E-state index contributed by atoms with van der Waals surface area (Å²) in [7, 11) is 0. The zero-order valence-corrected chi connectivity index (χ0v) is 11.5. The van der Waals surface area contributed by atoms with Crippen LogP contribution in [0.2, 0.25) is 0 Å². The van der Waals surface area contributed by atoms with Crippen LogP contribution in [-0.2, 0) is 5.41 Å². The summed E-state index contributed by atoms with van der Waals surface area (Å²) in [6.45, 7) is 9.03. The van der Waals surface area contributed by atoms with Gasteiger partial charge in [-0.1, -0.05) is 26.0 Å². The van der Waals surface area contributed by atoms with E-state index in [0.29, 0.717) is 0 Å². The highest BCUT2D eigenvalue weighted by molar-refractivity contribution is 8.00. The van der Waals surface area contributed by atoms with Crippen LogP contribution in [0.15, 0.2) is 24.3 Å². The fourth-order valence-corrected chi connectivity index (χ4v) is 2.19. The van der Waals surface area contributed by atoms with Gasteiger partial charge in [0, 0.05) is 10.2 Å². The second-order valence-corrected chi connectivity index (χ2v) is 6.46. The fourth-order valence-electron chi connectivity index (χ4n) is 1.56. The Morgan fingerprint density at radius 3 is 1.94 bits per heavy atom. The number of nitrogens with zero attached hydrogens (tertiary/aromatic N) is 1. The Hall–Kier alpha value is -0.940. The van der Waals surface area contributed by atoms with Gasteiger partial charge in [-0.15, -0.1) is 0 Å². The van der Waals surface area contributed by atoms with Gasteiger partial charge in [-0.25, -0.2) is 0 Å². The SMILES string of the molecule is CSC(C)(C)C(C)(C)c1ccc(C#N)cc1. The molecular weight excluding hydrogens is 214 g/mol. The lowest BCUT2D eigenvalue weighted by Gasteiger charge is -2.41. The minimum Gasteiger partial charge on any atom is -0.192 e. The molecule has 0 unspecified atom stereocenters. The van der Waals surface area contributed by atoms with E-state index < -0.39 is 0 Å². The lowest BCUT2D eigenvalue weighted by Crippen LogP contribution is -2.39. The smallest absolute Gasteiger partial charge is 0.0991 e. The van der Waals surface area contributed by atoms with Gasteiger partial charge in [0.2, 0.25) is 0 Å². The quantitative estimate of drug-likeness (QED) is 0.788. The van der Waals surface area contributed by atoms with Crippen LogP contribution in [-0.4, -0.2) is 11.0 Å². The first-order chi connectivity index (χ1) is 7.35. The fraction of sp³-hybridized carbons (Fsp3) is 0.500. The average molecular weight is 233 g/mol. The molecule has 0 aliphatic rings. The maximum Gasteiger partial charge on any atom is 0.0991 e. The zero-order valence-electron chi connectivity index (χ0n) is 10.7. The van der Waals surface area contributed by atoms with Crippen LogP contribution in [0.4, 0.5) is 0 Å². The molecule has 0 atom stereocenters. The molecule has 86 valence electrons. The maximum atomic E-state index is 8.78. The molecule has 0 aliphatic carbocycles. The summed E-state index contributed by atoms with van der Waals surface area (Å²) in [4.78, 5) is 0. The van der Waals surface area contributed by atoms with E-state index >= 15 is 0 Å². The molecule has 0 spiro atoms. The van der Waals surface area contributed by atoms with Crippen molar-refractivity contribution in [2.24, 2.45) is 0 Å². The lowest BCUT2D eigenvalue weighted by atomic mass is 9.74. The van der Waals surface area contributed by atoms with Gasteiger partial charge in [0.1, 0.15) is 0 Å². The van der Waals surface area contributed by atoms with Crippen molar-refractivity contribution in [3.05, 3.63) is 35.4 Å². The molecule has 0 aliphatic heterocycles. The number of thioether (sulfide) groups is 1. The average Bonchev–Trinajstić information content (AvgIpc) is 2.29. The first kappa shape index (κ1) is 13.1. The Kier molecular flexibility index (Phi) is 3.70. The molecule has 0 fully saturated rings. The number of benzene rings is 1. The summed E-state index contributed by atoms with van der Waals surface area (Å²) >= 11 is 1.87. The minimum absolute atomic E-state index is 0.0837. The summed E-state index contributed by atoms with van der Waals surface area (Å²) in [6, 6.07) is 10.1. The van der Waals surface area contributed by atoms with E-state index in [1.54, 1.807) is 0 Å². The summed E-state index contributed by atoms with van der Waals surface area (Å²) in [6.07, 6.45) is 2.14. The van der Waals surface area contributed by atoms with Crippen LogP contribution in [0, 0.1) is 11.3 Å². The molecule has 0 saturated carbocycles. The van der Waals surface area contributed by atoms with E-state index in [9.17, 15) is 0 Å². The number of rotatable bonds is 3. The van der Waals surface area contributed by atoms with Crippen molar-refractivity contribution >= 4 is 11.8 Å². The third kappa shape index (κ3) is 2.25. The summed E-state index contributed by atoms with van der Waals surface area (Å²) < 4.78 is 0.168. The Bertz CT molecular complexity index is 396. The van der Waals surface area contributed by atoms with Gasteiger partial charge in [0.05, 0.1) is 11.6 Å². The third-order valence-electron chi connectivity index (χ3n) is 3.75. The number of nitriles is 1. The molecule has 1 aromatic rings. The summed E-state index contributed by atoms with van der Waals surface area (Å²) in [5.41, 5.74) is 2.09. The molecule has 0 amide bonds. The Labute approximate surface area is 103 Å². The van der Waals surface area contributed by atoms with Crippen molar-refractivity contribution in [1.29, 1.82) is 5.26 Å². The van der Waals surface area contributed by atoms with Crippen LogP contribution < -0.4 is 0 Å². The van der Waals surface area contributed by atoms with Crippen LogP contribution in [0.3, 0.4) is 0 Å². The van der Waals surface area contributed by atoms with Crippen molar-refractivity contribution in [3.63, 3.8) is 0 Å². The molecule has 0 heterocycles. The van der Waals surface area contributed by atoms with Crippen molar-refractivity contribution in [2.45, 2.75) is 37.9 Å². The van der Waals surface area contributed by atoms with Crippen LogP contribution in [0.5, 0.6) is 0 Å². The molecule has 0 bridgehead atoms. The van der Waals surface area contributed by atoms with E-state index in [0.717, 1.165) is 5.56 Å². The largest absolute Gasteiger partial charge is 0.192 e. The standard InChI is InChI=1S/C14H19NS/c1-13(2,14(3,4)16-5)12-8-6-11(10-15)7-9-12/h6-9H,1-5H3. The van der Waals surface area contributed by atoms with Crippen LogP contribution in [0.1, 0.15) is 38.8 Å². The van der Waals surface area contributed by atoms with Gasteiger partial charge in [0.15, 0.2) is 0 Å². The molecule has 16 heavy (non-hydrogen) atoms. The van der Waals surface area contributed by atoms with Gasteiger partial charge in [-0.05, 0) is 37.8 Å². The van der Waals surface area contributed by atoms with Crippen LogP contribution >= 0.6 is 11.8 Å². The van der Waals surface area contributed by atoms with E-state index in [1.807, 2.05) is 23.9 Å². The van der Waals surface area contributed by atoms with Crippen LogP contribution in [0.25, 0.3) is 0 Å². The van der Waals surface area contributed by atoms with E-state index in [1.165, 1.54) is 5.56 Å². The van der Waals surface area contributed by atoms with Gasteiger partial charge in [-0.3, -0.25) is 0 Å². The summed E-state index contributed by atoms with van der Waals surface area (Å²) in [5.74, 6) is 0. The van der Waals surface area contributed by atoms with E-state index in [4.69, 9.17) is 5.26 Å². The lowest BCUT2D eigenvalue weighted by molar-refractivity contribution is 0.413. The highest BCUT2D eigenvalue weighted by atomic mass is 32.2. The number of hydrogen-bond acceptors (Lipinski definition) is 2. The molecule has 1 nitrogen and oxygen atoms in total. The Morgan fingerprint density at radius 2 is 1.56 bits per heavy atom. The molecule has 0 saturated heterocycles. The second kappa shape index (κ2) is 4.51. The highest BCUT2D eigenvalue weighted by Crippen LogP contribution is 2.42. The molecule has 1 rings (SSSR count). The molecule has 0 radical (unpaired) electrons. The number of hydrogen-bond donors (Lipinski definition) is 0. The van der Waals surface area contributed by atoms with Crippen molar-refractivity contribution < 1.29 is 0 Å². The van der Waals surface area contributed by atoms with Gasteiger partial charge in [0.25, 0.3) is 0 Å². The minimum atomic E-state index is 0.0837. The molecular formula is C14H19NS. The van der Waals surface area contributed by atoms with Gasteiger partial charge < -0.3 is 0 Å². The zero-order chi connectivity index (χ0) is 12.4. The van der Waals surface area contributed by atoms with Crippen molar-refractivity contribution in [2.75, 3.05) is 6.26 Å². The third-order valence-corrected chi connectivity index (χ3v) is 5.28. The second-order valence-electron chi connectivity index (χ2n) is 5.03. The Morgan fingerprint density at radius 1 is 1.06 bits per heavy atom. The van der Waals surface area contributed by atoms with E-state index in [2.05, 4.69) is 52.2 Å². The predicted octanol–water partition coefficient (Wildman–Crippen LogP) is 3.98. The molecule has 2 heteroatoms. The molecule has 0 aromatic heterocycles. The monoisotopic (exact) mass is 233 g/mol. The topological polar surface area (TPSA) is 23.8 Å². The predicted molar refractivity (Wildman–Crippen MR) is 71.8 cm³/mol. The first-order valence-electron chi connectivity index (χ1n) is 5.41. The summed E-state index contributed by atoms with van der Waals surface area (Å²) in [5, 5.41) is 8.78. The first-order valence-corrected chi connectivity index (χ1v) is 6.63. The highest BCUT2D eigenvalue weighted by Gasteiger charge is 2.37. The Balaban J connectivity index is 3.13. The van der Waals surface area contributed by atoms with Crippen molar-refractivity contribution in [3.8, 4) is 6.07 Å².